The maximum absolute atomic E-state index is 12.7. The first-order valence-corrected chi connectivity index (χ1v) is 6.47. The molecule has 1 saturated heterocycles. The lowest BCUT2D eigenvalue weighted by molar-refractivity contribution is 0.138. The highest BCUT2D eigenvalue weighted by molar-refractivity contribution is 5.16. The maximum Gasteiger partial charge on any atom is 0.123 e. The summed E-state index contributed by atoms with van der Waals surface area (Å²) in [6, 6.07) is 6.87. The largest absolute Gasteiger partial charge is 0.301 e. The van der Waals surface area contributed by atoms with Crippen LogP contribution < -0.4 is 0 Å². The van der Waals surface area contributed by atoms with Crippen LogP contribution >= 0.6 is 0 Å². The standard InChI is InChI=1S/C14H21FN2/c1-2-16-9-11-17(12-10-16)8-7-13-3-5-14(15)6-4-13/h3-6H,2,7-12H2,1H3. The summed E-state index contributed by atoms with van der Waals surface area (Å²) < 4.78 is 12.7. The summed E-state index contributed by atoms with van der Waals surface area (Å²) in [6.07, 6.45) is 1.02. The van der Waals surface area contributed by atoms with Crippen molar-refractivity contribution in [1.82, 2.24) is 9.80 Å². The highest BCUT2D eigenvalue weighted by Crippen LogP contribution is 2.06. The second kappa shape index (κ2) is 6.12. The minimum absolute atomic E-state index is 0.148. The van der Waals surface area contributed by atoms with Crippen molar-refractivity contribution in [3.8, 4) is 0 Å². The van der Waals surface area contributed by atoms with Crippen molar-refractivity contribution in [2.45, 2.75) is 13.3 Å². The average Bonchev–Trinajstić information content (AvgIpc) is 2.39. The molecule has 1 aliphatic rings. The van der Waals surface area contributed by atoms with Crippen molar-refractivity contribution >= 4 is 0 Å². The van der Waals surface area contributed by atoms with E-state index in [4.69, 9.17) is 0 Å². The number of nitrogens with zero attached hydrogens (tertiary/aromatic N) is 2. The molecule has 3 heteroatoms. The van der Waals surface area contributed by atoms with Crippen LogP contribution in [0, 0.1) is 5.82 Å². The molecule has 1 aromatic rings. The van der Waals surface area contributed by atoms with E-state index in [1.165, 1.54) is 18.7 Å². The van der Waals surface area contributed by atoms with E-state index in [-0.39, 0.29) is 5.82 Å². The van der Waals surface area contributed by atoms with Gasteiger partial charge in [-0.15, -0.1) is 0 Å². The van der Waals surface area contributed by atoms with Crippen molar-refractivity contribution in [2.75, 3.05) is 39.3 Å². The van der Waals surface area contributed by atoms with E-state index in [2.05, 4.69) is 16.7 Å². The van der Waals surface area contributed by atoms with Gasteiger partial charge in [-0.25, -0.2) is 4.39 Å². The molecule has 0 N–H and O–H groups in total. The first-order chi connectivity index (χ1) is 8.28. The van der Waals surface area contributed by atoms with Crippen LogP contribution in [0.15, 0.2) is 24.3 Å². The van der Waals surface area contributed by atoms with E-state index >= 15 is 0 Å². The molecule has 0 aliphatic carbocycles. The molecule has 0 spiro atoms. The van der Waals surface area contributed by atoms with Crippen LogP contribution in [0.4, 0.5) is 4.39 Å². The number of benzene rings is 1. The molecule has 1 aliphatic heterocycles. The Kier molecular flexibility index (Phi) is 4.51. The molecule has 0 bridgehead atoms. The van der Waals surface area contributed by atoms with Gasteiger partial charge >= 0.3 is 0 Å². The van der Waals surface area contributed by atoms with Gasteiger partial charge in [0.1, 0.15) is 5.82 Å². The molecule has 1 fully saturated rings. The Bertz CT molecular complexity index is 329. The molecule has 2 rings (SSSR count). The highest BCUT2D eigenvalue weighted by atomic mass is 19.1. The van der Waals surface area contributed by atoms with Gasteiger partial charge in [-0.05, 0) is 30.7 Å². The zero-order chi connectivity index (χ0) is 12.1. The summed E-state index contributed by atoms with van der Waals surface area (Å²) in [4.78, 5) is 4.98. The molecule has 0 amide bonds. The number of halogens is 1. The first-order valence-electron chi connectivity index (χ1n) is 6.47. The van der Waals surface area contributed by atoms with Gasteiger partial charge in [0.25, 0.3) is 0 Å². The van der Waals surface area contributed by atoms with Gasteiger partial charge in [0.05, 0.1) is 0 Å². The van der Waals surface area contributed by atoms with Gasteiger partial charge in [0, 0.05) is 32.7 Å². The fourth-order valence-corrected chi connectivity index (χ4v) is 2.27. The van der Waals surface area contributed by atoms with Crippen LogP contribution in [-0.4, -0.2) is 49.1 Å². The first kappa shape index (κ1) is 12.5. The SMILES string of the molecule is CCN1CCN(CCc2ccc(F)cc2)CC1. The summed E-state index contributed by atoms with van der Waals surface area (Å²) in [6.45, 7) is 9.15. The Hall–Kier alpha value is -0.930. The fourth-order valence-electron chi connectivity index (χ4n) is 2.27. The lowest BCUT2D eigenvalue weighted by atomic mass is 10.1. The third kappa shape index (κ3) is 3.79. The quantitative estimate of drug-likeness (QED) is 0.789. The van der Waals surface area contributed by atoms with E-state index in [1.54, 1.807) is 12.1 Å². The van der Waals surface area contributed by atoms with Crippen molar-refractivity contribution in [3.05, 3.63) is 35.6 Å². The van der Waals surface area contributed by atoms with E-state index in [0.29, 0.717) is 0 Å². The molecule has 1 aromatic carbocycles. The fraction of sp³-hybridized carbons (Fsp3) is 0.571. The summed E-state index contributed by atoms with van der Waals surface area (Å²) in [5.41, 5.74) is 1.23. The minimum atomic E-state index is -0.148. The Morgan fingerprint density at radius 1 is 1.00 bits per heavy atom. The normalized spacial score (nSPS) is 18.5. The van der Waals surface area contributed by atoms with Crippen molar-refractivity contribution in [2.24, 2.45) is 0 Å². The number of piperazine rings is 1. The maximum atomic E-state index is 12.7. The average molecular weight is 236 g/mol. The number of hydrogen-bond acceptors (Lipinski definition) is 2. The molecule has 2 nitrogen and oxygen atoms in total. The van der Waals surface area contributed by atoms with Gasteiger partial charge in [-0.1, -0.05) is 19.1 Å². The lowest BCUT2D eigenvalue weighted by Gasteiger charge is -2.34. The topological polar surface area (TPSA) is 6.48 Å². The van der Waals surface area contributed by atoms with E-state index in [1.807, 2.05) is 12.1 Å². The minimum Gasteiger partial charge on any atom is -0.301 e. The van der Waals surface area contributed by atoms with Gasteiger partial charge < -0.3 is 9.80 Å². The zero-order valence-electron chi connectivity index (χ0n) is 10.5. The van der Waals surface area contributed by atoms with Crippen molar-refractivity contribution < 1.29 is 4.39 Å². The molecule has 17 heavy (non-hydrogen) atoms. The van der Waals surface area contributed by atoms with Gasteiger partial charge in [0.2, 0.25) is 0 Å². The number of likely N-dealkylation sites (N-methyl/N-ethyl adjacent to an activating group) is 1. The summed E-state index contributed by atoms with van der Waals surface area (Å²) in [5.74, 6) is -0.148. The molecule has 0 atom stereocenters. The van der Waals surface area contributed by atoms with Crippen molar-refractivity contribution in [3.63, 3.8) is 0 Å². The Morgan fingerprint density at radius 2 is 1.59 bits per heavy atom. The predicted molar refractivity (Wildman–Crippen MR) is 68.7 cm³/mol. The molecular weight excluding hydrogens is 215 g/mol. The summed E-state index contributed by atoms with van der Waals surface area (Å²) in [5, 5.41) is 0. The molecule has 0 saturated carbocycles. The molecule has 94 valence electrons. The Balaban J connectivity index is 1.74. The molecule has 1 heterocycles. The summed E-state index contributed by atoms with van der Waals surface area (Å²) in [7, 11) is 0. The predicted octanol–water partition coefficient (Wildman–Crippen LogP) is 2.01. The van der Waals surface area contributed by atoms with Crippen LogP contribution in [0.2, 0.25) is 0 Å². The molecule has 0 aromatic heterocycles. The van der Waals surface area contributed by atoms with Crippen LogP contribution in [0.3, 0.4) is 0 Å². The van der Waals surface area contributed by atoms with Gasteiger partial charge in [-0.3, -0.25) is 0 Å². The molecule has 0 radical (unpaired) electrons. The van der Waals surface area contributed by atoms with Crippen LogP contribution in [0.1, 0.15) is 12.5 Å². The van der Waals surface area contributed by atoms with E-state index in [9.17, 15) is 4.39 Å². The highest BCUT2D eigenvalue weighted by Gasteiger charge is 2.14. The zero-order valence-corrected chi connectivity index (χ0v) is 10.5. The molecular formula is C14H21FN2. The number of rotatable bonds is 4. The van der Waals surface area contributed by atoms with E-state index < -0.39 is 0 Å². The van der Waals surface area contributed by atoms with Crippen LogP contribution in [-0.2, 0) is 6.42 Å². The second-order valence-corrected chi connectivity index (χ2v) is 4.65. The van der Waals surface area contributed by atoms with Gasteiger partial charge in [-0.2, -0.15) is 0 Å². The third-order valence-electron chi connectivity index (χ3n) is 3.54. The van der Waals surface area contributed by atoms with Gasteiger partial charge in [0.15, 0.2) is 0 Å². The monoisotopic (exact) mass is 236 g/mol. The van der Waals surface area contributed by atoms with Crippen LogP contribution in [0.25, 0.3) is 0 Å². The Morgan fingerprint density at radius 3 is 2.18 bits per heavy atom. The molecule has 0 unspecified atom stereocenters. The number of hydrogen-bond donors (Lipinski definition) is 0. The van der Waals surface area contributed by atoms with Crippen molar-refractivity contribution in [1.29, 1.82) is 0 Å². The smallest absolute Gasteiger partial charge is 0.123 e. The summed E-state index contributed by atoms with van der Waals surface area (Å²) >= 11 is 0. The second-order valence-electron chi connectivity index (χ2n) is 4.65. The van der Waals surface area contributed by atoms with E-state index in [0.717, 1.165) is 32.6 Å². The van der Waals surface area contributed by atoms with Crippen LogP contribution in [0.5, 0.6) is 0 Å². The Labute approximate surface area is 103 Å². The lowest BCUT2D eigenvalue weighted by Crippen LogP contribution is -2.46. The third-order valence-corrected chi connectivity index (χ3v) is 3.54.